The number of rotatable bonds is 13. The van der Waals surface area contributed by atoms with E-state index in [0.29, 0.717) is 6.42 Å². The molecule has 0 aliphatic carbocycles. The summed E-state index contributed by atoms with van der Waals surface area (Å²) in [5.74, 6) is -3.88. The number of aromatic amines is 1. The van der Waals surface area contributed by atoms with E-state index in [4.69, 9.17) is 5.73 Å². The van der Waals surface area contributed by atoms with Gasteiger partial charge in [-0.15, -0.1) is 0 Å². The zero-order chi connectivity index (χ0) is 26.1. The Morgan fingerprint density at radius 2 is 1.69 bits per heavy atom. The number of carboxylic acids is 1. The van der Waals surface area contributed by atoms with E-state index < -0.39 is 54.5 Å². The number of nitrogens with one attached hydrogen (secondary N) is 4. The Bertz CT molecular complexity index is 1040. The zero-order valence-electron chi connectivity index (χ0n) is 19.7. The number of nitrogens with two attached hydrogens (primary N) is 1. The van der Waals surface area contributed by atoms with E-state index in [9.17, 15) is 29.4 Å². The van der Waals surface area contributed by atoms with Gasteiger partial charge in [0, 0.05) is 22.9 Å². The number of fused-ring (bicyclic) bond motifs is 1. The van der Waals surface area contributed by atoms with Crippen molar-refractivity contribution >= 4 is 47.2 Å². The van der Waals surface area contributed by atoms with Crippen LogP contribution in [-0.4, -0.2) is 75.4 Å². The molecule has 5 unspecified atom stereocenters. The lowest BCUT2D eigenvalue weighted by atomic mass is 9.99. The van der Waals surface area contributed by atoms with Gasteiger partial charge in [0.15, 0.2) is 0 Å². The predicted molar refractivity (Wildman–Crippen MR) is 134 cm³/mol. The summed E-state index contributed by atoms with van der Waals surface area (Å²) in [6, 6.07) is 2.87. The van der Waals surface area contributed by atoms with E-state index in [2.05, 4.69) is 33.6 Å². The van der Waals surface area contributed by atoms with Gasteiger partial charge >= 0.3 is 5.97 Å². The normalized spacial score (nSPS) is 15.5. The molecule has 8 N–H and O–H groups in total. The number of amides is 3. The van der Waals surface area contributed by atoms with Crippen molar-refractivity contribution in [2.45, 2.75) is 50.9 Å². The molecule has 0 saturated carbocycles. The van der Waals surface area contributed by atoms with Crippen LogP contribution < -0.4 is 21.7 Å². The monoisotopic (exact) mass is 507 g/mol. The molecule has 192 valence electrons. The number of para-hydroxylation sites is 1. The average molecular weight is 508 g/mol. The van der Waals surface area contributed by atoms with E-state index >= 15 is 0 Å². The number of hydrogen-bond acceptors (Lipinski definition) is 7. The quantitative estimate of drug-likeness (QED) is 0.169. The molecular formula is C23H33N5O6S. The van der Waals surface area contributed by atoms with Gasteiger partial charge in [0.2, 0.25) is 17.7 Å². The highest BCUT2D eigenvalue weighted by Crippen LogP contribution is 2.18. The van der Waals surface area contributed by atoms with Gasteiger partial charge in [-0.25, -0.2) is 4.79 Å². The van der Waals surface area contributed by atoms with Gasteiger partial charge < -0.3 is 36.9 Å². The first-order chi connectivity index (χ1) is 16.6. The molecule has 0 spiro atoms. The minimum atomic E-state index is -1.36. The maximum atomic E-state index is 12.6. The van der Waals surface area contributed by atoms with E-state index in [1.807, 2.05) is 24.3 Å². The van der Waals surface area contributed by atoms with Gasteiger partial charge in [0.05, 0.1) is 12.6 Å². The van der Waals surface area contributed by atoms with Crippen LogP contribution in [0.25, 0.3) is 10.9 Å². The van der Waals surface area contributed by atoms with E-state index in [1.165, 1.54) is 0 Å². The van der Waals surface area contributed by atoms with E-state index in [0.717, 1.165) is 16.5 Å². The Kier molecular flexibility index (Phi) is 10.6. The molecule has 0 saturated heterocycles. The summed E-state index contributed by atoms with van der Waals surface area (Å²) in [5, 5.41) is 27.1. The molecular weight excluding hydrogens is 474 g/mol. The number of H-pyrrole nitrogens is 1. The second-order valence-electron chi connectivity index (χ2n) is 8.37. The van der Waals surface area contributed by atoms with Gasteiger partial charge in [0.1, 0.15) is 18.1 Å². The first-order valence-corrected chi connectivity index (χ1v) is 11.9. The first-order valence-electron chi connectivity index (χ1n) is 11.3. The Morgan fingerprint density at radius 1 is 1.06 bits per heavy atom. The highest BCUT2D eigenvalue weighted by Gasteiger charge is 2.31. The largest absolute Gasteiger partial charge is 0.480 e. The van der Waals surface area contributed by atoms with Gasteiger partial charge in [-0.1, -0.05) is 38.5 Å². The van der Waals surface area contributed by atoms with Gasteiger partial charge in [-0.3, -0.25) is 14.4 Å². The summed E-state index contributed by atoms with van der Waals surface area (Å²) in [5.41, 5.74) is 7.76. The molecule has 1 aromatic heterocycles. The molecule has 0 radical (unpaired) electrons. The second kappa shape index (κ2) is 13.1. The predicted octanol–water partition coefficient (Wildman–Crippen LogP) is -0.455. The zero-order valence-corrected chi connectivity index (χ0v) is 20.5. The lowest BCUT2D eigenvalue weighted by Gasteiger charge is -2.25. The summed E-state index contributed by atoms with van der Waals surface area (Å²) in [4.78, 5) is 52.4. The average Bonchev–Trinajstić information content (AvgIpc) is 3.25. The molecule has 3 amide bonds. The van der Waals surface area contributed by atoms with Gasteiger partial charge in [-0.2, -0.15) is 12.6 Å². The molecule has 1 heterocycles. The van der Waals surface area contributed by atoms with Crippen LogP contribution in [-0.2, 0) is 25.6 Å². The summed E-state index contributed by atoms with van der Waals surface area (Å²) >= 11 is 4.06. The van der Waals surface area contributed by atoms with Crippen molar-refractivity contribution in [2.75, 3.05) is 12.4 Å². The number of thiol groups is 1. The standard InChI is InChI=1S/C23H33N5O6S/c1-3-12(2)19(23(33)34)28-22(32)18(11-35)27-21(31)17(10-29)26-20(30)15(24)8-13-9-25-16-7-5-4-6-14(13)16/h4-7,9,12,15,17-19,25,29,35H,3,8,10-11,24H2,1-2H3,(H,26,30)(H,27,31)(H,28,32)(H,33,34). The highest BCUT2D eigenvalue weighted by atomic mass is 32.1. The molecule has 35 heavy (non-hydrogen) atoms. The summed E-state index contributed by atoms with van der Waals surface area (Å²) in [6.45, 7) is 2.75. The van der Waals surface area contributed by atoms with Crippen LogP contribution in [0, 0.1) is 5.92 Å². The summed E-state index contributed by atoms with van der Waals surface area (Å²) in [7, 11) is 0. The number of hydrogen-bond donors (Lipinski definition) is 8. The van der Waals surface area contributed by atoms with Crippen LogP contribution in [0.15, 0.2) is 30.5 Å². The lowest BCUT2D eigenvalue weighted by molar-refractivity contribution is -0.143. The number of carboxylic acid groups (broad SMARTS) is 1. The molecule has 0 fully saturated rings. The molecule has 2 aromatic rings. The number of aliphatic carboxylic acids is 1. The number of carbonyl (C=O) groups excluding carboxylic acids is 3. The van der Waals surface area contributed by atoms with Crippen molar-refractivity contribution in [1.29, 1.82) is 0 Å². The fraction of sp³-hybridized carbons (Fsp3) is 0.478. The molecule has 5 atom stereocenters. The smallest absolute Gasteiger partial charge is 0.326 e. The number of aromatic nitrogens is 1. The summed E-state index contributed by atoms with van der Waals surface area (Å²) in [6.07, 6.45) is 2.48. The third kappa shape index (κ3) is 7.44. The fourth-order valence-corrected chi connectivity index (χ4v) is 3.76. The first kappa shape index (κ1) is 28.1. The van der Waals surface area contributed by atoms with Crippen LogP contribution in [0.3, 0.4) is 0 Å². The van der Waals surface area contributed by atoms with Gasteiger partial charge in [-0.05, 0) is 24.0 Å². The third-order valence-electron chi connectivity index (χ3n) is 5.86. The van der Waals surface area contributed by atoms with Crippen LogP contribution >= 0.6 is 12.6 Å². The second-order valence-corrected chi connectivity index (χ2v) is 8.73. The number of carbonyl (C=O) groups is 4. The molecule has 1 aromatic carbocycles. The van der Waals surface area contributed by atoms with Crippen molar-refractivity contribution in [1.82, 2.24) is 20.9 Å². The maximum absolute atomic E-state index is 12.6. The fourth-order valence-electron chi connectivity index (χ4n) is 3.51. The van der Waals surface area contributed by atoms with Crippen molar-refractivity contribution in [3.63, 3.8) is 0 Å². The van der Waals surface area contributed by atoms with Crippen LogP contribution in [0.4, 0.5) is 0 Å². The van der Waals surface area contributed by atoms with E-state index in [-0.39, 0.29) is 18.1 Å². The van der Waals surface area contributed by atoms with Crippen LogP contribution in [0.1, 0.15) is 25.8 Å². The Balaban J connectivity index is 1.99. The minimum absolute atomic E-state index is 0.128. The van der Waals surface area contributed by atoms with Crippen molar-refractivity contribution in [2.24, 2.45) is 11.7 Å². The summed E-state index contributed by atoms with van der Waals surface area (Å²) < 4.78 is 0. The highest BCUT2D eigenvalue weighted by molar-refractivity contribution is 7.80. The van der Waals surface area contributed by atoms with Crippen molar-refractivity contribution in [3.05, 3.63) is 36.0 Å². The Morgan fingerprint density at radius 3 is 2.29 bits per heavy atom. The molecule has 2 rings (SSSR count). The van der Waals surface area contributed by atoms with Gasteiger partial charge in [0.25, 0.3) is 0 Å². The van der Waals surface area contributed by atoms with Crippen molar-refractivity contribution < 1.29 is 29.4 Å². The molecule has 0 bridgehead atoms. The number of benzene rings is 1. The molecule has 12 heteroatoms. The molecule has 0 aliphatic heterocycles. The topological polar surface area (TPSA) is 187 Å². The van der Waals surface area contributed by atoms with Crippen molar-refractivity contribution in [3.8, 4) is 0 Å². The SMILES string of the molecule is CCC(C)C(NC(=O)C(CS)NC(=O)C(CO)NC(=O)C(N)Cc1c[nH]c2ccccc12)C(=O)O. The van der Waals surface area contributed by atoms with Crippen LogP contribution in [0.2, 0.25) is 0 Å². The Labute approximate surface area is 208 Å². The number of aliphatic hydroxyl groups excluding tert-OH is 1. The Hall–Kier alpha value is -3.09. The maximum Gasteiger partial charge on any atom is 0.326 e. The van der Waals surface area contributed by atoms with Crippen LogP contribution in [0.5, 0.6) is 0 Å². The third-order valence-corrected chi connectivity index (χ3v) is 6.22. The molecule has 0 aliphatic rings. The lowest BCUT2D eigenvalue weighted by Crippen LogP contribution is -2.59. The minimum Gasteiger partial charge on any atom is -0.480 e. The molecule has 11 nitrogen and oxygen atoms in total. The number of aliphatic hydroxyl groups is 1. The van der Waals surface area contributed by atoms with E-state index in [1.54, 1.807) is 20.0 Å².